The molecule has 7 nitrogen and oxygen atoms in total. The smallest absolute Gasteiger partial charge is 0.240 e. The molecular weight excluding hydrogens is 405 g/mol. The number of anilines is 1. The second kappa shape index (κ2) is 9.32. The lowest BCUT2D eigenvalue weighted by atomic mass is 10.1. The van der Waals surface area contributed by atoms with Crippen molar-refractivity contribution in [1.82, 2.24) is 10.0 Å². The molecule has 1 heterocycles. The lowest BCUT2D eigenvalue weighted by molar-refractivity contribution is 0.519. The van der Waals surface area contributed by atoms with Crippen LogP contribution < -0.4 is 14.8 Å². The summed E-state index contributed by atoms with van der Waals surface area (Å²) in [6, 6.07) is 3.11. The Labute approximate surface area is 160 Å². The second-order valence-electron chi connectivity index (χ2n) is 6.38. The molecule has 2 rings (SSSR count). The number of hydrogen-bond acceptors (Lipinski definition) is 5. The predicted octanol–water partition coefficient (Wildman–Crippen LogP) is 1.68. The number of hydrogen-bond donors (Lipinski definition) is 3. The summed E-state index contributed by atoms with van der Waals surface area (Å²) in [5.74, 6) is -0.501. The summed E-state index contributed by atoms with van der Waals surface area (Å²) < 4.78 is 66.7. The minimum Gasteiger partial charge on any atom is -0.316 e. The third-order valence-electron chi connectivity index (χ3n) is 4.13. The highest BCUT2D eigenvalue weighted by molar-refractivity contribution is 7.93. The number of halogens is 2. The third kappa shape index (κ3) is 6.05. The predicted molar refractivity (Wildman–Crippen MR) is 102 cm³/mol. The summed E-state index contributed by atoms with van der Waals surface area (Å²) in [6.07, 6.45) is 1.72. The maximum atomic E-state index is 14.1. The molecule has 26 heavy (non-hydrogen) atoms. The van der Waals surface area contributed by atoms with E-state index >= 15 is 0 Å². The largest absolute Gasteiger partial charge is 0.316 e. The van der Waals surface area contributed by atoms with Crippen LogP contribution in [0.4, 0.5) is 10.1 Å². The van der Waals surface area contributed by atoms with Gasteiger partial charge in [0.1, 0.15) is 5.82 Å². The topological polar surface area (TPSA) is 104 Å². The van der Waals surface area contributed by atoms with Gasteiger partial charge in [0, 0.05) is 6.54 Å². The summed E-state index contributed by atoms with van der Waals surface area (Å²) in [7, 11) is -7.55. The maximum absolute atomic E-state index is 14.1. The third-order valence-corrected chi connectivity index (χ3v) is 7.34. The van der Waals surface area contributed by atoms with Gasteiger partial charge in [-0.3, -0.25) is 4.72 Å². The van der Waals surface area contributed by atoms with Gasteiger partial charge >= 0.3 is 0 Å². The van der Waals surface area contributed by atoms with Gasteiger partial charge in [-0.1, -0.05) is 0 Å². The number of benzene rings is 1. The molecule has 150 valence electrons. The van der Waals surface area contributed by atoms with E-state index in [1.807, 2.05) is 0 Å². The van der Waals surface area contributed by atoms with Gasteiger partial charge in [-0.25, -0.2) is 25.9 Å². The Hall–Kier alpha value is -0.940. The minimum atomic E-state index is -3.84. The van der Waals surface area contributed by atoms with Crippen LogP contribution in [-0.4, -0.2) is 41.7 Å². The van der Waals surface area contributed by atoms with Crippen molar-refractivity contribution >= 4 is 38.1 Å². The van der Waals surface area contributed by atoms with Crippen molar-refractivity contribution in [2.75, 3.05) is 24.4 Å². The van der Waals surface area contributed by atoms with Crippen LogP contribution in [0, 0.1) is 11.7 Å². The van der Waals surface area contributed by atoms with Gasteiger partial charge in [0.2, 0.25) is 20.0 Å². The lowest BCUT2D eigenvalue weighted by Gasteiger charge is -2.13. The van der Waals surface area contributed by atoms with Gasteiger partial charge in [0.25, 0.3) is 0 Å². The highest BCUT2D eigenvalue weighted by atomic mass is 35.5. The average molecular weight is 430 g/mol. The van der Waals surface area contributed by atoms with Crippen molar-refractivity contribution < 1.29 is 21.2 Å². The van der Waals surface area contributed by atoms with Crippen molar-refractivity contribution in [3.63, 3.8) is 0 Å². The molecule has 0 spiro atoms. The van der Waals surface area contributed by atoms with E-state index in [1.54, 1.807) is 0 Å². The quantitative estimate of drug-likeness (QED) is 0.583. The van der Waals surface area contributed by atoms with Crippen molar-refractivity contribution in [1.29, 1.82) is 0 Å². The summed E-state index contributed by atoms with van der Waals surface area (Å²) in [4.78, 5) is -0.234. The molecular formula is C15H25ClFN3O4S2. The second-order valence-corrected chi connectivity index (χ2v) is 10.4. The number of nitrogens with one attached hydrogen (secondary N) is 3. The van der Waals surface area contributed by atoms with Crippen LogP contribution in [0.25, 0.3) is 0 Å². The van der Waals surface area contributed by atoms with Gasteiger partial charge in [-0.2, -0.15) is 0 Å². The van der Waals surface area contributed by atoms with E-state index in [0.717, 1.165) is 31.6 Å². The molecule has 11 heteroatoms. The first-order valence-electron chi connectivity index (χ1n) is 8.13. The Morgan fingerprint density at radius 2 is 1.96 bits per heavy atom. The van der Waals surface area contributed by atoms with E-state index in [1.165, 1.54) is 19.9 Å². The summed E-state index contributed by atoms with van der Waals surface area (Å²) in [5, 5.41) is 2.47. The normalized spacial score (nSPS) is 17.9. The molecule has 1 aromatic carbocycles. The van der Waals surface area contributed by atoms with Crippen LogP contribution in [0.15, 0.2) is 23.1 Å². The molecule has 3 N–H and O–H groups in total. The zero-order valence-electron chi connectivity index (χ0n) is 14.7. The van der Waals surface area contributed by atoms with Crippen LogP contribution in [0.5, 0.6) is 0 Å². The molecule has 0 bridgehead atoms. The van der Waals surface area contributed by atoms with E-state index in [0.29, 0.717) is 12.3 Å². The monoisotopic (exact) mass is 429 g/mol. The Morgan fingerprint density at radius 3 is 2.50 bits per heavy atom. The summed E-state index contributed by atoms with van der Waals surface area (Å²) >= 11 is 0. The molecule has 0 saturated carbocycles. The van der Waals surface area contributed by atoms with Crippen molar-refractivity contribution in [3.8, 4) is 0 Å². The van der Waals surface area contributed by atoms with Gasteiger partial charge in [0.15, 0.2) is 0 Å². The lowest BCUT2D eigenvalue weighted by Crippen LogP contribution is -2.27. The van der Waals surface area contributed by atoms with E-state index < -0.39 is 31.1 Å². The Morgan fingerprint density at radius 1 is 1.27 bits per heavy atom. The fourth-order valence-corrected chi connectivity index (χ4v) is 4.23. The molecule has 1 saturated heterocycles. The molecule has 1 aliphatic rings. The SMILES string of the molecule is CC(C)S(=O)(=O)Nc1ccc(S(=O)(=O)NCCC2CCNC2)cc1F.Cl. The van der Waals surface area contributed by atoms with Crippen LogP contribution in [-0.2, 0) is 20.0 Å². The minimum absolute atomic E-state index is 0. The maximum Gasteiger partial charge on any atom is 0.240 e. The number of sulfonamides is 2. The van der Waals surface area contributed by atoms with Crippen LogP contribution in [0.3, 0.4) is 0 Å². The summed E-state index contributed by atoms with van der Waals surface area (Å²) in [6.45, 7) is 5.02. The Balaban J connectivity index is 0.00000338. The highest BCUT2D eigenvalue weighted by Crippen LogP contribution is 2.21. The Kier molecular flexibility index (Phi) is 8.28. The molecule has 1 aromatic rings. The van der Waals surface area contributed by atoms with Crippen LogP contribution >= 0.6 is 12.4 Å². The van der Waals surface area contributed by atoms with Crippen LogP contribution in [0.1, 0.15) is 26.7 Å². The molecule has 0 amide bonds. The summed E-state index contributed by atoms with van der Waals surface area (Å²) in [5.41, 5.74) is -0.273. The van der Waals surface area contributed by atoms with Gasteiger partial charge in [-0.05, 0) is 63.9 Å². The standard InChI is InChI=1S/C15H24FN3O4S2.ClH/c1-11(2)24(20,21)19-15-4-3-13(9-14(15)16)25(22,23)18-8-6-12-5-7-17-10-12;/h3-4,9,11-12,17-19H,5-8,10H2,1-2H3;1H. The van der Waals surface area contributed by atoms with Gasteiger partial charge < -0.3 is 5.32 Å². The molecule has 0 aromatic heterocycles. The first-order chi connectivity index (χ1) is 11.6. The molecule has 1 unspecified atom stereocenters. The first-order valence-corrected chi connectivity index (χ1v) is 11.2. The fraction of sp³-hybridized carbons (Fsp3) is 0.600. The van der Waals surface area contributed by atoms with Crippen molar-refractivity contribution in [3.05, 3.63) is 24.0 Å². The highest BCUT2D eigenvalue weighted by Gasteiger charge is 2.21. The zero-order chi connectivity index (χ0) is 18.7. The van der Waals surface area contributed by atoms with Gasteiger partial charge in [0.05, 0.1) is 15.8 Å². The molecule has 0 radical (unpaired) electrons. The van der Waals surface area contributed by atoms with E-state index in [9.17, 15) is 21.2 Å². The molecule has 0 aliphatic carbocycles. The first kappa shape index (κ1) is 23.1. The van der Waals surface area contributed by atoms with E-state index in [-0.39, 0.29) is 29.5 Å². The van der Waals surface area contributed by atoms with Gasteiger partial charge in [-0.15, -0.1) is 12.4 Å². The fourth-order valence-electron chi connectivity index (χ4n) is 2.46. The number of rotatable bonds is 8. The zero-order valence-corrected chi connectivity index (χ0v) is 17.1. The van der Waals surface area contributed by atoms with E-state index in [2.05, 4.69) is 14.8 Å². The van der Waals surface area contributed by atoms with Crippen LogP contribution in [0.2, 0.25) is 0 Å². The average Bonchev–Trinajstić information content (AvgIpc) is 3.02. The molecule has 1 atom stereocenters. The Bertz CT molecular complexity index is 810. The molecule has 1 aliphatic heterocycles. The molecule has 1 fully saturated rings. The van der Waals surface area contributed by atoms with Crippen molar-refractivity contribution in [2.24, 2.45) is 5.92 Å². The van der Waals surface area contributed by atoms with E-state index in [4.69, 9.17) is 0 Å². The van der Waals surface area contributed by atoms with Crippen molar-refractivity contribution in [2.45, 2.75) is 36.8 Å².